The molecule has 1 heterocycles. The predicted octanol–water partition coefficient (Wildman–Crippen LogP) is 4.14. The fourth-order valence-corrected chi connectivity index (χ4v) is 3.56. The molecule has 2 aromatic carbocycles. The van der Waals surface area contributed by atoms with E-state index in [0.29, 0.717) is 11.4 Å². The number of urea groups is 1. The molecule has 1 aliphatic rings. The summed E-state index contributed by atoms with van der Waals surface area (Å²) in [4.78, 5) is 16.1. The number of nitrogens with zero attached hydrogens (tertiary/aromatic N) is 3. The Kier molecular flexibility index (Phi) is 8.31. The topological polar surface area (TPSA) is 71.3 Å². The summed E-state index contributed by atoms with van der Waals surface area (Å²) in [6, 6.07) is 14.6. The molecule has 2 amide bonds. The molecule has 1 unspecified atom stereocenters. The van der Waals surface area contributed by atoms with Crippen LogP contribution in [0.25, 0.3) is 0 Å². The number of carbonyl (C=O) groups is 1. The van der Waals surface area contributed by atoms with Crippen LogP contribution in [0.15, 0.2) is 48.5 Å². The number of hydrogen-bond donors (Lipinski definition) is 2. The van der Waals surface area contributed by atoms with Crippen molar-refractivity contribution in [1.82, 2.24) is 4.90 Å². The average molecular weight is 445 g/mol. The summed E-state index contributed by atoms with van der Waals surface area (Å²) in [6.45, 7) is 6.34. The monoisotopic (exact) mass is 444 g/mol. The summed E-state index contributed by atoms with van der Waals surface area (Å²) >= 11 is 4.11. The van der Waals surface area contributed by atoms with E-state index in [9.17, 15) is 4.79 Å². The number of rotatable bonds is 9. The van der Waals surface area contributed by atoms with Gasteiger partial charge in [0.1, 0.15) is 11.5 Å². The largest absolute Gasteiger partial charge is 0.455 e. The van der Waals surface area contributed by atoms with Gasteiger partial charge in [-0.2, -0.15) is 0 Å². The first-order valence-corrected chi connectivity index (χ1v) is 11.1. The van der Waals surface area contributed by atoms with Gasteiger partial charge in [0.05, 0.1) is 5.69 Å². The lowest BCUT2D eigenvalue weighted by molar-refractivity contribution is -0.00206. The van der Waals surface area contributed by atoms with Crippen LogP contribution < -0.4 is 24.4 Å². The molecule has 7 nitrogen and oxygen atoms in total. The molecule has 1 aliphatic heterocycles. The van der Waals surface area contributed by atoms with Gasteiger partial charge in [-0.15, -0.1) is 0 Å². The lowest BCUT2D eigenvalue weighted by Crippen LogP contribution is -2.44. The molecule has 1 fully saturated rings. The van der Waals surface area contributed by atoms with E-state index < -0.39 is 12.3 Å². The second-order valence-corrected chi connectivity index (χ2v) is 8.14. The van der Waals surface area contributed by atoms with Crippen molar-refractivity contribution in [2.75, 3.05) is 42.4 Å². The maximum atomic E-state index is 11.4. The molecule has 1 atom stereocenters. The maximum absolute atomic E-state index is 11.4. The van der Waals surface area contributed by atoms with Crippen molar-refractivity contribution in [1.29, 1.82) is 0 Å². The van der Waals surface area contributed by atoms with Crippen LogP contribution in [-0.2, 0) is 0 Å². The average Bonchev–Trinajstić information content (AvgIpc) is 2.78. The number of piperazine rings is 1. The van der Waals surface area contributed by atoms with Crippen molar-refractivity contribution in [3.8, 4) is 11.5 Å². The number of carbonyl (C=O) groups excluding carboxylic acids is 1. The van der Waals surface area contributed by atoms with Gasteiger partial charge in [0.15, 0.2) is 0 Å². The molecule has 0 aliphatic carbocycles. The van der Waals surface area contributed by atoms with E-state index in [1.165, 1.54) is 5.69 Å². The second-order valence-electron chi connectivity index (χ2n) is 7.74. The van der Waals surface area contributed by atoms with E-state index in [0.717, 1.165) is 55.5 Å². The minimum Gasteiger partial charge on any atom is -0.455 e. The van der Waals surface area contributed by atoms with Crippen LogP contribution in [0.5, 0.6) is 11.5 Å². The standard InChI is InChI=1S/C23H32N4O3S/c1-3-4-8-22(30-21-7-5-6-19(17-21)27(31)23(24)28)29-20-11-9-18(10-12-20)26-15-13-25(2)14-16-26/h5-7,9-12,17,22,31H,3-4,8,13-16H2,1-2H3,(H2,24,28). The minimum absolute atomic E-state index is 0.438. The first-order chi connectivity index (χ1) is 15.0. The Morgan fingerprint density at radius 2 is 1.77 bits per heavy atom. The molecular weight excluding hydrogens is 412 g/mol. The molecule has 3 rings (SSSR count). The molecule has 0 aromatic heterocycles. The Morgan fingerprint density at radius 3 is 2.42 bits per heavy atom. The normalized spacial score (nSPS) is 15.4. The molecule has 2 aromatic rings. The number of benzene rings is 2. The number of amides is 2. The lowest BCUT2D eigenvalue weighted by atomic mass is 10.2. The van der Waals surface area contributed by atoms with Crippen molar-refractivity contribution < 1.29 is 14.3 Å². The van der Waals surface area contributed by atoms with Crippen LogP contribution in [0.2, 0.25) is 0 Å². The van der Waals surface area contributed by atoms with E-state index in [1.54, 1.807) is 18.2 Å². The van der Waals surface area contributed by atoms with Gasteiger partial charge >= 0.3 is 6.03 Å². The number of hydrogen-bond acceptors (Lipinski definition) is 6. The molecule has 8 heteroatoms. The van der Waals surface area contributed by atoms with Crippen LogP contribution in [0.4, 0.5) is 16.2 Å². The first kappa shape index (κ1) is 23.1. The Morgan fingerprint density at radius 1 is 1.10 bits per heavy atom. The van der Waals surface area contributed by atoms with Crippen LogP contribution in [0.1, 0.15) is 26.2 Å². The highest BCUT2D eigenvalue weighted by Gasteiger charge is 2.16. The predicted molar refractivity (Wildman–Crippen MR) is 128 cm³/mol. The smallest absolute Gasteiger partial charge is 0.329 e. The molecule has 31 heavy (non-hydrogen) atoms. The van der Waals surface area contributed by atoms with E-state index >= 15 is 0 Å². The van der Waals surface area contributed by atoms with Gasteiger partial charge < -0.3 is 25.0 Å². The zero-order chi connectivity index (χ0) is 22.2. The van der Waals surface area contributed by atoms with Gasteiger partial charge in [-0.3, -0.25) is 0 Å². The number of thiol groups is 1. The van der Waals surface area contributed by atoms with Crippen molar-refractivity contribution >= 4 is 30.2 Å². The number of anilines is 2. The van der Waals surface area contributed by atoms with Gasteiger partial charge in [0, 0.05) is 44.4 Å². The Balaban J connectivity index is 1.66. The maximum Gasteiger partial charge on any atom is 0.329 e. The number of primary amides is 1. The zero-order valence-electron chi connectivity index (χ0n) is 18.2. The van der Waals surface area contributed by atoms with Crippen LogP contribution in [0.3, 0.4) is 0 Å². The number of nitrogens with two attached hydrogens (primary N) is 1. The van der Waals surface area contributed by atoms with E-state index in [-0.39, 0.29) is 0 Å². The Bertz CT molecular complexity index is 841. The molecule has 0 radical (unpaired) electrons. The van der Waals surface area contributed by atoms with Crippen LogP contribution in [-0.4, -0.2) is 50.4 Å². The minimum atomic E-state index is -0.653. The molecule has 0 saturated carbocycles. The fraction of sp³-hybridized carbons (Fsp3) is 0.435. The highest BCUT2D eigenvalue weighted by Crippen LogP contribution is 2.26. The van der Waals surface area contributed by atoms with Crippen LogP contribution in [0, 0.1) is 0 Å². The fourth-order valence-electron chi connectivity index (χ4n) is 3.43. The van der Waals surface area contributed by atoms with Gasteiger partial charge in [-0.05, 0) is 49.9 Å². The summed E-state index contributed by atoms with van der Waals surface area (Å²) < 4.78 is 13.3. The van der Waals surface area contributed by atoms with Crippen molar-refractivity contribution in [2.45, 2.75) is 32.5 Å². The first-order valence-electron chi connectivity index (χ1n) is 10.7. The zero-order valence-corrected chi connectivity index (χ0v) is 19.1. The quantitative estimate of drug-likeness (QED) is 0.449. The Labute approximate surface area is 190 Å². The highest BCUT2D eigenvalue weighted by atomic mass is 32.1. The highest BCUT2D eigenvalue weighted by molar-refractivity contribution is 7.82. The molecule has 0 bridgehead atoms. The van der Waals surface area contributed by atoms with Gasteiger partial charge in [-0.1, -0.05) is 32.2 Å². The summed E-state index contributed by atoms with van der Waals surface area (Å²) in [5.41, 5.74) is 7.05. The molecule has 0 spiro atoms. The van der Waals surface area contributed by atoms with Gasteiger partial charge in [0.2, 0.25) is 6.29 Å². The van der Waals surface area contributed by atoms with E-state index in [4.69, 9.17) is 15.2 Å². The summed E-state index contributed by atoms with van der Waals surface area (Å²) in [5.74, 6) is 1.36. The third-order valence-electron chi connectivity index (χ3n) is 5.30. The SMILES string of the molecule is CCCCC(Oc1ccc(N2CCN(C)CC2)cc1)Oc1cccc(N(S)C(N)=O)c1. The summed E-state index contributed by atoms with van der Waals surface area (Å²) in [6.07, 6.45) is 2.33. The Hall–Kier alpha value is -2.58. The molecule has 168 valence electrons. The van der Waals surface area contributed by atoms with Crippen molar-refractivity contribution in [3.63, 3.8) is 0 Å². The summed E-state index contributed by atoms with van der Waals surface area (Å²) in [7, 11) is 2.15. The van der Waals surface area contributed by atoms with Gasteiger partial charge in [-0.25, -0.2) is 9.10 Å². The summed E-state index contributed by atoms with van der Waals surface area (Å²) in [5, 5.41) is 0. The second kappa shape index (κ2) is 11.2. The lowest BCUT2D eigenvalue weighted by Gasteiger charge is -2.34. The third-order valence-corrected chi connectivity index (χ3v) is 5.73. The molecular formula is C23H32N4O3S. The van der Waals surface area contributed by atoms with E-state index in [1.807, 2.05) is 18.2 Å². The van der Waals surface area contributed by atoms with Crippen molar-refractivity contribution in [2.24, 2.45) is 5.73 Å². The van der Waals surface area contributed by atoms with Crippen molar-refractivity contribution in [3.05, 3.63) is 48.5 Å². The third kappa shape index (κ3) is 6.70. The number of ether oxygens (including phenoxy) is 2. The number of likely N-dealkylation sites (N-methyl/N-ethyl adjacent to an activating group) is 1. The van der Waals surface area contributed by atoms with Gasteiger partial charge in [0.25, 0.3) is 0 Å². The van der Waals surface area contributed by atoms with E-state index in [2.05, 4.69) is 48.7 Å². The molecule has 2 N–H and O–H groups in total. The number of unbranched alkanes of at least 4 members (excludes halogenated alkanes) is 1. The molecule has 1 saturated heterocycles. The van der Waals surface area contributed by atoms with Crippen LogP contribution >= 0.6 is 12.8 Å².